The van der Waals surface area contributed by atoms with Gasteiger partial charge in [-0.15, -0.1) is 0 Å². The summed E-state index contributed by atoms with van der Waals surface area (Å²) in [6, 6.07) is 5.45. The lowest BCUT2D eigenvalue weighted by atomic mass is 10.2. The van der Waals surface area contributed by atoms with Gasteiger partial charge in [0.2, 0.25) is 0 Å². The van der Waals surface area contributed by atoms with Crippen molar-refractivity contribution in [3.63, 3.8) is 0 Å². The quantitative estimate of drug-likeness (QED) is 0.381. The molecule has 2 heterocycles. The number of amidine groups is 1. The second-order valence-corrected chi connectivity index (χ2v) is 5.15. The van der Waals surface area contributed by atoms with E-state index in [0.29, 0.717) is 6.54 Å². The number of aromatic nitrogens is 3. The van der Waals surface area contributed by atoms with Gasteiger partial charge in [-0.05, 0) is 39.0 Å². The van der Waals surface area contributed by atoms with Crippen LogP contribution >= 0.6 is 0 Å². The average Bonchev–Trinajstić information content (AvgIpc) is 2.91. The maximum Gasteiger partial charge on any atom is 0.262 e. The van der Waals surface area contributed by atoms with Crippen molar-refractivity contribution < 1.29 is 5.21 Å². The molecule has 0 aliphatic heterocycles. The molecule has 0 saturated carbocycles. The van der Waals surface area contributed by atoms with Crippen molar-refractivity contribution in [2.45, 2.75) is 33.4 Å². The monoisotopic (exact) mass is 289 g/mol. The van der Waals surface area contributed by atoms with Gasteiger partial charge >= 0.3 is 0 Å². The van der Waals surface area contributed by atoms with E-state index in [1.54, 1.807) is 16.7 Å². The van der Waals surface area contributed by atoms with Crippen molar-refractivity contribution in [2.75, 3.05) is 0 Å². The van der Waals surface area contributed by atoms with Gasteiger partial charge in [0.25, 0.3) is 5.56 Å². The highest BCUT2D eigenvalue weighted by Crippen LogP contribution is 2.07. The molecule has 3 N–H and O–H groups in total. The molecule has 0 aliphatic carbocycles. The molecule has 7 heteroatoms. The molecule has 0 bridgehead atoms. The Hall–Kier alpha value is -2.57. The van der Waals surface area contributed by atoms with E-state index < -0.39 is 0 Å². The Morgan fingerprint density at radius 1 is 1.43 bits per heavy atom. The molecule has 0 amide bonds. The van der Waals surface area contributed by atoms with Crippen LogP contribution in [0.4, 0.5) is 0 Å². The Morgan fingerprint density at radius 2 is 2.14 bits per heavy atom. The highest BCUT2D eigenvalue weighted by Gasteiger charge is 2.12. The maximum atomic E-state index is 12.4. The van der Waals surface area contributed by atoms with E-state index in [1.165, 1.54) is 0 Å². The molecule has 0 atom stereocenters. The SMILES string of the molecule is Cc1ccc(/C(N)=N/O)c(=O)n1Cc1ccn(C(C)C)n1. The van der Waals surface area contributed by atoms with Crippen LogP contribution in [0.15, 0.2) is 34.3 Å². The predicted molar refractivity (Wildman–Crippen MR) is 79.7 cm³/mol. The van der Waals surface area contributed by atoms with E-state index in [0.717, 1.165) is 11.4 Å². The van der Waals surface area contributed by atoms with Crippen LogP contribution in [0, 0.1) is 6.92 Å². The predicted octanol–water partition coefficient (Wildman–Crippen LogP) is 1.08. The molecule has 0 unspecified atom stereocenters. The van der Waals surface area contributed by atoms with Crippen LogP contribution in [0.25, 0.3) is 0 Å². The Balaban J connectivity index is 2.41. The molecule has 2 aromatic heterocycles. The number of hydrogen-bond acceptors (Lipinski definition) is 4. The Labute approximate surface area is 122 Å². The number of hydrogen-bond donors (Lipinski definition) is 2. The summed E-state index contributed by atoms with van der Waals surface area (Å²) in [6.07, 6.45) is 1.88. The van der Waals surface area contributed by atoms with Crippen molar-refractivity contribution in [2.24, 2.45) is 10.9 Å². The van der Waals surface area contributed by atoms with Gasteiger partial charge < -0.3 is 15.5 Å². The van der Waals surface area contributed by atoms with Crippen LogP contribution in [0.2, 0.25) is 0 Å². The lowest BCUT2D eigenvalue weighted by Gasteiger charge is -2.10. The highest BCUT2D eigenvalue weighted by atomic mass is 16.4. The normalized spacial score (nSPS) is 12.1. The van der Waals surface area contributed by atoms with E-state index >= 15 is 0 Å². The first-order valence-electron chi connectivity index (χ1n) is 6.66. The molecular weight excluding hydrogens is 270 g/mol. The first-order chi connectivity index (χ1) is 9.93. The number of nitrogens with zero attached hydrogens (tertiary/aromatic N) is 4. The fourth-order valence-electron chi connectivity index (χ4n) is 2.03. The molecular formula is C14H19N5O2. The first kappa shape index (κ1) is 14.8. The third-order valence-electron chi connectivity index (χ3n) is 3.29. The molecule has 2 rings (SSSR count). The molecule has 112 valence electrons. The average molecular weight is 289 g/mol. The minimum Gasteiger partial charge on any atom is -0.409 e. The molecule has 0 fully saturated rings. The Bertz CT molecular complexity index is 727. The van der Waals surface area contributed by atoms with Crippen LogP contribution in [0.1, 0.15) is 36.8 Å². The van der Waals surface area contributed by atoms with Gasteiger partial charge in [0.05, 0.1) is 17.8 Å². The summed E-state index contributed by atoms with van der Waals surface area (Å²) in [7, 11) is 0. The number of aryl methyl sites for hydroxylation is 1. The van der Waals surface area contributed by atoms with Crippen LogP contribution in [-0.2, 0) is 6.54 Å². The summed E-state index contributed by atoms with van der Waals surface area (Å²) in [5.41, 5.74) is 6.96. The van der Waals surface area contributed by atoms with Crippen molar-refractivity contribution in [1.82, 2.24) is 14.3 Å². The second-order valence-electron chi connectivity index (χ2n) is 5.15. The summed E-state index contributed by atoms with van der Waals surface area (Å²) in [4.78, 5) is 12.4. The second kappa shape index (κ2) is 5.82. The Morgan fingerprint density at radius 3 is 2.71 bits per heavy atom. The highest BCUT2D eigenvalue weighted by molar-refractivity contribution is 5.96. The lowest BCUT2D eigenvalue weighted by Crippen LogP contribution is -2.31. The first-order valence-corrected chi connectivity index (χ1v) is 6.66. The van der Waals surface area contributed by atoms with Gasteiger partial charge in [0, 0.05) is 17.9 Å². The summed E-state index contributed by atoms with van der Waals surface area (Å²) < 4.78 is 3.39. The number of oxime groups is 1. The fourth-order valence-corrected chi connectivity index (χ4v) is 2.03. The largest absolute Gasteiger partial charge is 0.409 e. The molecule has 21 heavy (non-hydrogen) atoms. The number of nitrogens with two attached hydrogens (primary N) is 1. The molecule has 0 aliphatic rings. The zero-order chi connectivity index (χ0) is 15.6. The molecule has 0 aromatic carbocycles. The van der Waals surface area contributed by atoms with Crippen LogP contribution < -0.4 is 11.3 Å². The van der Waals surface area contributed by atoms with Gasteiger partial charge in [-0.25, -0.2) is 0 Å². The van der Waals surface area contributed by atoms with E-state index in [-0.39, 0.29) is 23.0 Å². The Kier molecular flexibility index (Phi) is 4.11. The summed E-state index contributed by atoms with van der Waals surface area (Å²) in [5.74, 6) is -0.193. The molecule has 0 radical (unpaired) electrons. The van der Waals surface area contributed by atoms with Crippen molar-refractivity contribution >= 4 is 5.84 Å². The van der Waals surface area contributed by atoms with Gasteiger partial charge in [-0.1, -0.05) is 5.16 Å². The van der Waals surface area contributed by atoms with E-state index in [1.807, 2.05) is 37.7 Å². The zero-order valence-corrected chi connectivity index (χ0v) is 12.3. The maximum absolute atomic E-state index is 12.4. The molecule has 2 aromatic rings. The van der Waals surface area contributed by atoms with Crippen molar-refractivity contribution in [3.8, 4) is 0 Å². The van der Waals surface area contributed by atoms with Gasteiger partial charge in [-0.2, -0.15) is 5.10 Å². The summed E-state index contributed by atoms with van der Waals surface area (Å²) >= 11 is 0. The molecule has 0 saturated heterocycles. The van der Waals surface area contributed by atoms with Crippen molar-refractivity contribution in [1.29, 1.82) is 0 Å². The number of rotatable bonds is 4. The van der Waals surface area contributed by atoms with Gasteiger partial charge in [0.15, 0.2) is 5.84 Å². The molecule has 0 spiro atoms. The third kappa shape index (κ3) is 2.96. The smallest absolute Gasteiger partial charge is 0.262 e. The zero-order valence-electron chi connectivity index (χ0n) is 12.3. The van der Waals surface area contributed by atoms with Crippen molar-refractivity contribution in [3.05, 3.63) is 51.7 Å². The standard InChI is InChI=1S/C14H19N5O2/c1-9(2)19-7-6-11(16-19)8-18-10(3)4-5-12(14(18)20)13(15)17-21/h4-7,9,21H,8H2,1-3H3,(H2,15,17). The fraction of sp³-hybridized carbons (Fsp3) is 0.357. The van der Waals surface area contributed by atoms with Crippen LogP contribution in [-0.4, -0.2) is 25.4 Å². The number of pyridine rings is 1. The topological polar surface area (TPSA) is 98.4 Å². The summed E-state index contributed by atoms with van der Waals surface area (Å²) in [5, 5.41) is 16.0. The minimum absolute atomic E-state index is 0.173. The van der Waals surface area contributed by atoms with E-state index in [4.69, 9.17) is 10.9 Å². The van der Waals surface area contributed by atoms with Crippen LogP contribution in [0.5, 0.6) is 0 Å². The summed E-state index contributed by atoms with van der Waals surface area (Å²) in [6.45, 7) is 6.24. The van der Waals surface area contributed by atoms with Gasteiger partial charge in [-0.3, -0.25) is 9.48 Å². The van der Waals surface area contributed by atoms with E-state index in [9.17, 15) is 4.79 Å². The van der Waals surface area contributed by atoms with Crippen LogP contribution in [0.3, 0.4) is 0 Å². The molecule has 7 nitrogen and oxygen atoms in total. The van der Waals surface area contributed by atoms with E-state index in [2.05, 4.69) is 10.3 Å². The lowest BCUT2D eigenvalue weighted by molar-refractivity contribution is 0.318. The van der Waals surface area contributed by atoms with Gasteiger partial charge in [0.1, 0.15) is 0 Å². The third-order valence-corrected chi connectivity index (χ3v) is 3.29. The minimum atomic E-state index is -0.301.